The van der Waals surface area contributed by atoms with Gasteiger partial charge in [-0.05, 0) is 29.8 Å². The van der Waals surface area contributed by atoms with Gasteiger partial charge in [0.2, 0.25) is 0 Å². The molecule has 2 atom stereocenters. The fraction of sp³-hybridized carbons (Fsp3) is 0.370. The monoisotopic (exact) mass is 526 g/mol. The molecule has 11 heteroatoms. The maximum absolute atomic E-state index is 14.0. The number of anilines is 1. The van der Waals surface area contributed by atoms with Crippen LogP contribution in [0.2, 0.25) is 0 Å². The Morgan fingerprint density at radius 2 is 1.82 bits per heavy atom. The van der Waals surface area contributed by atoms with E-state index in [9.17, 15) is 18.4 Å². The van der Waals surface area contributed by atoms with Gasteiger partial charge in [-0.1, -0.05) is 18.2 Å². The second kappa shape index (κ2) is 11.7. The van der Waals surface area contributed by atoms with E-state index in [1.165, 1.54) is 11.0 Å². The van der Waals surface area contributed by atoms with E-state index in [4.69, 9.17) is 4.74 Å². The number of carbonyl (C=O) groups excluding carboxylic acids is 2. The average molecular weight is 527 g/mol. The van der Waals surface area contributed by atoms with Crippen molar-refractivity contribution in [2.75, 3.05) is 52.8 Å². The number of halogens is 2. The number of aromatic nitrogens is 2. The molecule has 3 amide bonds. The molecular weight excluding hydrogens is 494 g/mol. The van der Waals surface area contributed by atoms with Crippen molar-refractivity contribution in [3.05, 3.63) is 71.3 Å². The molecule has 9 nitrogen and oxygen atoms in total. The van der Waals surface area contributed by atoms with Crippen LogP contribution in [0.3, 0.4) is 0 Å². The molecule has 202 valence electrons. The number of hydrogen-bond acceptors (Lipinski definition) is 5. The number of aryl methyl sites for hydroxylation is 1. The zero-order valence-electron chi connectivity index (χ0n) is 21.9. The van der Waals surface area contributed by atoms with Crippen LogP contribution in [-0.2, 0) is 11.8 Å². The van der Waals surface area contributed by atoms with Crippen molar-refractivity contribution in [3.8, 4) is 11.3 Å². The Morgan fingerprint density at radius 3 is 2.47 bits per heavy atom. The van der Waals surface area contributed by atoms with Gasteiger partial charge in [0.1, 0.15) is 5.82 Å². The molecule has 1 aromatic heterocycles. The molecule has 2 N–H and O–H groups in total. The number of nitrogens with zero attached hydrogens (tertiary/aromatic N) is 4. The van der Waals surface area contributed by atoms with Crippen LogP contribution in [-0.4, -0.2) is 85.0 Å². The summed E-state index contributed by atoms with van der Waals surface area (Å²) in [6, 6.07) is 11.9. The lowest BCUT2D eigenvalue weighted by molar-refractivity contribution is 0.0827. The third-order valence-corrected chi connectivity index (χ3v) is 6.65. The van der Waals surface area contributed by atoms with E-state index in [0.717, 1.165) is 11.6 Å². The maximum Gasteiger partial charge on any atom is 0.320 e. The van der Waals surface area contributed by atoms with Crippen molar-refractivity contribution in [2.45, 2.75) is 12.0 Å². The van der Waals surface area contributed by atoms with Gasteiger partial charge >= 0.3 is 6.03 Å². The van der Waals surface area contributed by atoms with Crippen LogP contribution < -0.4 is 10.6 Å². The Bertz CT molecular complexity index is 1290. The van der Waals surface area contributed by atoms with E-state index in [1.54, 1.807) is 57.2 Å². The van der Waals surface area contributed by atoms with Crippen LogP contribution >= 0.6 is 0 Å². The van der Waals surface area contributed by atoms with Gasteiger partial charge in [-0.25, -0.2) is 13.6 Å². The van der Waals surface area contributed by atoms with Gasteiger partial charge in [-0.15, -0.1) is 0 Å². The Morgan fingerprint density at radius 1 is 1.08 bits per heavy atom. The standard InChI is InChI=1S/C27H32F2N6O3/c1-33(2)26(36)18-7-5-17(6-8-18)23-14-25(34(3)32-23)31-27(37)30-24-16-35(11-12-38-4)15-20(24)19-9-10-21(28)22(29)13-19/h5-10,13-14,20,24H,11-12,15-16H2,1-4H3,(H2,30,31,37)/t20-,24+/m0/s1. The molecule has 0 radical (unpaired) electrons. The Hall–Kier alpha value is -3.83. The third kappa shape index (κ3) is 6.17. The summed E-state index contributed by atoms with van der Waals surface area (Å²) in [5.74, 6) is -1.66. The van der Waals surface area contributed by atoms with Crippen molar-refractivity contribution in [1.29, 1.82) is 0 Å². The van der Waals surface area contributed by atoms with Crippen molar-refractivity contribution < 1.29 is 23.1 Å². The highest BCUT2D eigenvalue weighted by Crippen LogP contribution is 2.29. The fourth-order valence-corrected chi connectivity index (χ4v) is 4.60. The molecule has 38 heavy (non-hydrogen) atoms. The van der Waals surface area contributed by atoms with Crippen LogP contribution in [0.25, 0.3) is 11.3 Å². The lowest BCUT2D eigenvalue weighted by Gasteiger charge is -2.20. The lowest BCUT2D eigenvalue weighted by Crippen LogP contribution is -2.42. The molecule has 0 bridgehead atoms. The van der Waals surface area contributed by atoms with Gasteiger partial charge in [-0.3, -0.25) is 19.7 Å². The minimum atomic E-state index is -0.914. The van der Waals surface area contributed by atoms with Crippen molar-refractivity contribution >= 4 is 17.8 Å². The zero-order valence-corrected chi connectivity index (χ0v) is 21.9. The third-order valence-electron chi connectivity index (χ3n) is 6.65. The highest BCUT2D eigenvalue weighted by atomic mass is 19.2. The lowest BCUT2D eigenvalue weighted by atomic mass is 9.94. The summed E-state index contributed by atoms with van der Waals surface area (Å²) in [6.45, 7) is 2.28. The quantitative estimate of drug-likeness (QED) is 0.470. The number of methoxy groups -OCH3 is 1. The zero-order chi connectivity index (χ0) is 27.4. The first-order valence-corrected chi connectivity index (χ1v) is 12.3. The topological polar surface area (TPSA) is 91.7 Å². The highest BCUT2D eigenvalue weighted by Gasteiger charge is 2.35. The van der Waals surface area contributed by atoms with Gasteiger partial charge in [0, 0.05) is 71.0 Å². The minimum absolute atomic E-state index is 0.0917. The Kier molecular flexibility index (Phi) is 8.38. The summed E-state index contributed by atoms with van der Waals surface area (Å²) in [5, 5.41) is 10.3. The molecule has 2 heterocycles. The van der Waals surface area contributed by atoms with Crippen molar-refractivity contribution in [2.24, 2.45) is 7.05 Å². The number of likely N-dealkylation sites (tertiary alicyclic amines) is 1. The molecule has 3 aromatic rings. The summed E-state index contributed by atoms with van der Waals surface area (Å²) in [5.41, 5.74) is 2.62. The maximum atomic E-state index is 14.0. The summed E-state index contributed by atoms with van der Waals surface area (Å²) in [6.07, 6.45) is 0. The predicted molar refractivity (Wildman–Crippen MR) is 140 cm³/mol. The highest BCUT2D eigenvalue weighted by molar-refractivity contribution is 5.94. The molecule has 0 spiro atoms. The van der Waals surface area contributed by atoms with Gasteiger partial charge < -0.3 is 15.0 Å². The number of rotatable bonds is 8. The normalized spacial score (nSPS) is 17.4. The van der Waals surface area contributed by atoms with Crippen LogP contribution in [0.15, 0.2) is 48.5 Å². The van der Waals surface area contributed by atoms with Gasteiger partial charge in [-0.2, -0.15) is 5.10 Å². The number of ether oxygens (including phenoxy) is 1. The Labute approximate surface area is 220 Å². The smallest absolute Gasteiger partial charge is 0.320 e. The van der Waals surface area contributed by atoms with E-state index < -0.39 is 17.7 Å². The minimum Gasteiger partial charge on any atom is -0.383 e. The summed E-state index contributed by atoms with van der Waals surface area (Å²) in [7, 11) is 6.73. The van der Waals surface area contributed by atoms with Crippen molar-refractivity contribution in [1.82, 2.24) is 24.9 Å². The second-order valence-corrected chi connectivity index (χ2v) is 9.55. The largest absolute Gasteiger partial charge is 0.383 e. The second-order valence-electron chi connectivity index (χ2n) is 9.55. The molecule has 0 aliphatic carbocycles. The molecular formula is C27H32F2N6O3. The van der Waals surface area contributed by atoms with Crippen LogP contribution in [0, 0.1) is 11.6 Å². The molecule has 1 saturated heterocycles. The van der Waals surface area contributed by atoms with Gasteiger partial charge in [0.05, 0.1) is 18.3 Å². The molecule has 1 fully saturated rings. The first-order chi connectivity index (χ1) is 18.2. The fourth-order valence-electron chi connectivity index (χ4n) is 4.60. The molecule has 1 aliphatic heterocycles. The average Bonchev–Trinajstić information content (AvgIpc) is 3.46. The first-order valence-electron chi connectivity index (χ1n) is 12.3. The number of benzene rings is 2. The summed E-state index contributed by atoms with van der Waals surface area (Å²) >= 11 is 0. The van der Waals surface area contributed by atoms with Crippen LogP contribution in [0.1, 0.15) is 21.8 Å². The Balaban J connectivity index is 1.46. The van der Waals surface area contributed by atoms with E-state index in [0.29, 0.717) is 48.9 Å². The van der Waals surface area contributed by atoms with Crippen molar-refractivity contribution in [3.63, 3.8) is 0 Å². The molecule has 0 saturated carbocycles. The summed E-state index contributed by atoms with van der Waals surface area (Å²) < 4.78 is 34.2. The van der Waals surface area contributed by atoms with Crippen LogP contribution in [0.5, 0.6) is 0 Å². The number of hydrogen-bond donors (Lipinski definition) is 2. The SMILES string of the molecule is COCCN1C[C@@H](NC(=O)Nc2cc(-c3ccc(C(=O)N(C)C)cc3)nn2C)[C@H](c2ccc(F)c(F)c2)C1. The number of nitrogens with one attached hydrogen (secondary N) is 2. The van der Waals surface area contributed by atoms with E-state index in [-0.39, 0.29) is 17.9 Å². The van der Waals surface area contributed by atoms with E-state index >= 15 is 0 Å². The van der Waals surface area contributed by atoms with Crippen LogP contribution in [0.4, 0.5) is 19.4 Å². The molecule has 2 aromatic carbocycles. The van der Waals surface area contributed by atoms with Gasteiger partial charge in [0.25, 0.3) is 5.91 Å². The molecule has 0 unspecified atom stereocenters. The van der Waals surface area contributed by atoms with E-state index in [1.807, 2.05) is 12.1 Å². The number of amides is 3. The summed E-state index contributed by atoms with van der Waals surface area (Å²) in [4.78, 5) is 28.8. The first kappa shape index (κ1) is 27.2. The predicted octanol–water partition coefficient (Wildman–Crippen LogP) is 3.30. The van der Waals surface area contributed by atoms with E-state index in [2.05, 4.69) is 20.6 Å². The number of carbonyl (C=O) groups is 2. The molecule has 4 rings (SSSR count). The molecule has 1 aliphatic rings. The van der Waals surface area contributed by atoms with Gasteiger partial charge in [0.15, 0.2) is 11.6 Å². The number of urea groups is 1.